The quantitative estimate of drug-likeness (QED) is 0.888. The van der Waals surface area contributed by atoms with Crippen LogP contribution in [0.5, 0.6) is 11.5 Å². The van der Waals surface area contributed by atoms with Crippen LogP contribution in [0.15, 0.2) is 18.2 Å². The standard InChI is InChI=1S/C16H25NO3/c1-17(2)11-12-6-4-5-9-16(12,19)14-8-7-13(20-3)10-15(14)18/h7-8,10,12,18-19H,4-6,9,11H2,1-3H3/t12-,16-/m1/s1. The van der Waals surface area contributed by atoms with Gasteiger partial charge < -0.3 is 19.8 Å². The summed E-state index contributed by atoms with van der Waals surface area (Å²) in [7, 11) is 5.60. The van der Waals surface area contributed by atoms with Crippen LogP contribution in [0.2, 0.25) is 0 Å². The van der Waals surface area contributed by atoms with Gasteiger partial charge in [-0.15, -0.1) is 0 Å². The third-order valence-corrected chi connectivity index (χ3v) is 4.29. The van der Waals surface area contributed by atoms with Gasteiger partial charge >= 0.3 is 0 Å². The third-order valence-electron chi connectivity index (χ3n) is 4.29. The SMILES string of the molecule is COc1ccc([C@@]2(O)CCCC[C@@H]2CN(C)C)c(O)c1. The first kappa shape index (κ1) is 15.1. The van der Waals surface area contributed by atoms with E-state index in [9.17, 15) is 10.2 Å². The molecule has 0 heterocycles. The van der Waals surface area contributed by atoms with Gasteiger partial charge in [0.15, 0.2) is 0 Å². The summed E-state index contributed by atoms with van der Waals surface area (Å²) in [5, 5.41) is 21.4. The van der Waals surface area contributed by atoms with Crippen LogP contribution in [0.25, 0.3) is 0 Å². The van der Waals surface area contributed by atoms with E-state index in [-0.39, 0.29) is 11.7 Å². The molecule has 2 rings (SSSR count). The predicted octanol–water partition coefficient (Wildman–Crippen LogP) is 2.34. The van der Waals surface area contributed by atoms with Crippen LogP contribution >= 0.6 is 0 Å². The highest BCUT2D eigenvalue weighted by Gasteiger charge is 2.42. The average molecular weight is 279 g/mol. The fourth-order valence-electron chi connectivity index (χ4n) is 3.27. The lowest BCUT2D eigenvalue weighted by atomic mass is 9.71. The number of hydrogen-bond donors (Lipinski definition) is 2. The van der Waals surface area contributed by atoms with E-state index in [1.54, 1.807) is 25.3 Å². The Morgan fingerprint density at radius 1 is 1.35 bits per heavy atom. The van der Waals surface area contributed by atoms with Gasteiger partial charge in [-0.05, 0) is 39.1 Å². The lowest BCUT2D eigenvalue weighted by molar-refractivity contribution is -0.0632. The van der Waals surface area contributed by atoms with Crippen molar-refractivity contribution in [2.45, 2.75) is 31.3 Å². The van der Waals surface area contributed by atoms with Crippen molar-refractivity contribution in [1.29, 1.82) is 0 Å². The fourth-order valence-corrected chi connectivity index (χ4v) is 3.27. The van der Waals surface area contributed by atoms with Gasteiger partial charge in [0.25, 0.3) is 0 Å². The number of ether oxygens (including phenoxy) is 1. The molecule has 1 aromatic carbocycles. The first-order valence-corrected chi connectivity index (χ1v) is 7.22. The van der Waals surface area contributed by atoms with Crippen LogP contribution in [0.1, 0.15) is 31.2 Å². The summed E-state index contributed by atoms with van der Waals surface area (Å²) in [6.45, 7) is 0.821. The highest BCUT2D eigenvalue weighted by atomic mass is 16.5. The van der Waals surface area contributed by atoms with Crippen LogP contribution in [0, 0.1) is 5.92 Å². The number of phenolic OH excluding ortho intramolecular Hbond substituents is 1. The molecule has 112 valence electrons. The molecule has 20 heavy (non-hydrogen) atoms. The minimum absolute atomic E-state index is 0.123. The first-order chi connectivity index (χ1) is 9.47. The molecule has 1 aliphatic carbocycles. The molecule has 0 radical (unpaired) electrons. The molecule has 0 bridgehead atoms. The van der Waals surface area contributed by atoms with Gasteiger partial charge in [-0.1, -0.05) is 12.8 Å². The number of methoxy groups -OCH3 is 1. The fraction of sp³-hybridized carbons (Fsp3) is 0.625. The Morgan fingerprint density at radius 3 is 2.70 bits per heavy atom. The van der Waals surface area contributed by atoms with E-state index in [0.717, 1.165) is 25.8 Å². The summed E-state index contributed by atoms with van der Waals surface area (Å²) in [5.41, 5.74) is -0.316. The lowest BCUT2D eigenvalue weighted by Gasteiger charge is -2.42. The van der Waals surface area contributed by atoms with Gasteiger partial charge in [0, 0.05) is 24.1 Å². The van der Waals surface area contributed by atoms with E-state index in [2.05, 4.69) is 4.90 Å². The van der Waals surface area contributed by atoms with Crippen molar-refractivity contribution in [2.24, 2.45) is 5.92 Å². The zero-order valence-electron chi connectivity index (χ0n) is 12.6. The number of rotatable bonds is 4. The van der Waals surface area contributed by atoms with Crippen molar-refractivity contribution < 1.29 is 14.9 Å². The highest BCUT2D eigenvalue weighted by molar-refractivity contribution is 5.43. The van der Waals surface area contributed by atoms with Crippen LogP contribution < -0.4 is 4.74 Å². The molecule has 2 N–H and O–H groups in total. The van der Waals surface area contributed by atoms with Crippen LogP contribution in [0.3, 0.4) is 0 Å². The zero-order chi connectivity index (χ0) is 14.8. The molecule has 0 aliphatic heterocycles. The van der Waals surface area contributed by atoms with Crippen molar-refractivity contribution in [3.05, 3.63) is 23.8 Å². The highest BCUT2D eigenvalue weighted by Crippen LogP contribution is 2.45. The Kier molecular flexibility index (Phi) is 4.55. The minimum Gasteiger partial charge on any atom is -0.507 e. The van der Waals surface area contributed by atoms with Crippen molar-refractivity contribution in [2.75, 3.05) is 27.7 Å². The summed E-state index contributed by atoms with van der Waals surface area (Å²) in [6.07, 6.45) is 3.81. The van der Waals surface area contributed by atoms with Crippen molar-refractivity contribution in [3.63, 3.8) is 0 Å². The maximum absolute atomic E-state index is 11.2. The Bertz CT molecular complexity index is 461. The van der Waals surface area contributed by atoms with E-state index in [0.29, 0.717) is 17.7 Å². The number of phenols is 1. The monoisotopic (exact) mass is 279 g/mol. The predicted molar refractivity (Wildman–Crippen MR) is 79.1 cm³/mol. The van der Waals surface area contributed by atoms with Gasteiger partial charge in [0.2, 0.25) is 0 Å². The Labute approximate surface area is 121 Å². The van der Waals surface area contributed by atoms with Crippen LogP contribution in [-0.2, 0) is 5.60 Å². The summed E-state index contributed by atoms with van der Waals surface area (Å²) < 4.78 is 5.11. The van der Waals surface area contributed by atoms with E-state index < -0.39 is 5.60 Å². The molecule has 1 aliphatic rings. The molecule has 0 unspecified atom stereocenters. The molecule has 0 amide bonds. The van der Waals surface area contributed by atoms with E-state index >= 15 is 0 Å². The Hall–Kier alpha value is -1.26. The summed E-state index contributed by atoms with van der Waals surface area (Å²) >= 11 is 0. The average Bonchev–Trinajstić information content (AvgIpc) is 2.40. The van der Waals surface area contributed by atoms with Crippen molar-refractivity contribution in [1.82, 2.24) is 4.90 Å². The number of nitrogens with zero attached hydrogens (tertiary/aromatic N) is 1. The Morgan fingerprint density at radius 2 is 2.10 bits per heavy atom. The zero-order valence-corrected chi connectivity index (χ0v) is 12.6. The van der Waals surface area contributed by atoms with Gasteiger partial charge in [0.1, 0.15) is 11.5 Å². The number of benzene rings is 1. The molecule has 0 spiro atoms. The molecule has 1 aromatic rings. The van der Waals surface area contributed by atoms with Crippen molar-refractivity contribution in [3.8, 4) is 11.5 Å². The normalized spacial score (nSPS) is 26.8. The topological polar surface area (TPSA) is 52.9 Å². The van der Waals surface area contributed by atoms with Gasteiger partial charge in [-0.3, -0.25) is 0 Å². The lowest BCUT2D eigenvalue weighted by Crippen LogP contribution is -2.43. The molecule has 0 saturated heterocycles. The van der Waals surface area contributed by atoms with E-state index in [1.165, 1.54) is 0 Å². The molecule has 4 heteroatoms. The molecule has 1 saturated carbocycles. The molecular weight excluding hydrogens is 254 g/mol. The maximum atomic E-state index is 11.2. The Balaban J connectivity index is 2.35. The van der Waals surface area contributed by atoms with Gasteiger partial charge in [-0.25, -0.2) is 0 Å². The number of aromatic hydroxyl groups is 1. The largest absolute Gasteiger partial charge is 0.507 e. The third kappa shape index (κ3) is 2.91. The van der Waals surface area contributed by atoms with Gasteiger partial charge in [0.05, 0.1) is 12.7 Å². The second-order valence-corrected chi connectivity index (χ2v) is 6.01. The first-order valence-electron chi connectivity index (χ1n) is 7.22. The molecule has 4 nitrogen and oxygen atoms in total. The molecule has 0 aromatic heterocycles. The minimum atomic E-state index is -0.946. The molecule has 2 atom stereocenters. The van der Waals surface area contributed by atoms with Crippen LogP contribution in [0.4, 0.5) is 0 Å². The van der Waals surface area contributed by atoms with Crippen molar-refractivity contribution >= 4 is 0 Å². The molecule has 1 fully saturated rings. The molecular formula is C16H25NO3. The smallest absolute Gasteiger partial charge is 0.125 e. The second-order valence-electron chi connectivity index (χ2n) is 6.01. The maximum Gasteiger partial charge on any atom is 0.125 e. The number of hydrogen-bond acceptors (Lipinski definition) is 4. The second kappa shape index (κ2) is 6.02. The van der Waals surface area contributed by atoms with E-state index in [4.69, 9.17) is 4.74 Å². The summed E-state index contributed by atoms with van der Waals surface area (Å²) in [5.74, 6) is 0.873. The number of aliphatic hydroxyl groups is 1. The van der Waals surface area contributed by atoms with E-state index in [1.807, 2.05) is 14.1 Å². The summed E-state index contributed by atoms with van der Waals surface area (Å²) in [6, 6.07) is 5.17. The van der Waals surface area contributed by atoms with Gasteiger partial charge in [-0.2, -0.15) is 0 Å². The summed E-state index contributed by atoms with van der Waals surface area (Å²) in [4.78, 5) is 2.10. The van der Waals surface area contributed by atoms with Crippen LogP contribution in [-0.4, -0.2) is 42.9 Å².